The summed E-state index contributed by atoms with van der Waals surface area (Å²) < 4.78 is 4.89. The third kappa shape index (κ3) is 4.79. The van der Waals surface area contributed by atoms with Crippen molar-refractivity contribution in [3.8, 4) is 5.75 Å². The zero-order valence-electron chi connectivity index (χ0n) is 13.3. The van der Waals surface area contributed by atoms with Crippen molar-refractivity contribution in [1.29, 1.82) is 0 Å². The van der Waals surface area contributed by atoms with Crippen molar-refractivity contribution in [2.75, 3.05) is 12.0 Å². The first kappa shape index (κ1) is 17.0. The molecule has 0 bridgehead atoms. The number of nitrogens with zero attached hydrogens (tertiary/aromatic N) is 2. The second kappa shape index (κ2) is 7.73. The van der Waals surface area contributed by atoms with E-state index >= 15 is 0 Å². The number of thiazole rings is 1. The number of aryl methyl sites for hydroxylation is 2. The molecule has 6 nitrogen and oxygen atoms in total. The maximum absolute atomic E-state index is 11.4. The van der Waals surface area contributed by atoms with Crippen LogP contribution in [0.15, 0.2) is 22.6 Å². The fourth-order valence-electron chi connectivity index (χ4n) is 2.11. The highest BCUT2D eigenvalue weighted by molar-refractivity contribution is 7.13. The van der Waals surface area contributed by atoms with Crippen molar-refractivity contribution in [3.63, 3.8) is 0 Å². The standard InChI is InChI=1S/C16H19N3O3S/c1-4-22-15(21)7-12-9-23-16(18-12)19-17-8-14-10(2)5-13(20)6-11(14)3/h5-6,8-9,20H,4,7H2,1-3H3,(H,18,19). The van der Waals surface area contributed by atoms with E-state index in [1.54, 1.807) is 30.7 Å². The van der Waals surface area contributed by atoms with E-state index in [2.05, 4.69) is 15.5 Å². The summed E-state index contributed by atoms with van der Waals surface area (Å²) in [5.41, 5.74) is 6.33. The van der Waals surface area contributed by atoms with Gasteiger partial charge in [-0.2, -0.15) is 5.10 Å². The lowest BCUT2D eigenvalue weighted by Crippen LogP contribution is -2.07. The van der Waals surface area contributed by atoms with E-state index in [1.807, 2.05) is 13.8 Å². The summed E-state index contributed by atoms with van der Waals surface area (Å²) in [6.45, 7) is 5.96. The molecule has 0 aliphatic heterocycles. The Morgan fingerprint density at radius 2 is 2.13 bits per heavy atom. The molecule has 0 amide bonds. The van der Waals surface area contributed by atoms with Gasteiger partial charge in [-0.15, -0.1) is 11.3 Å². The normalized spacial score (nSPS) is 10.9. The second-order valence-corrected chi connectivity index (χ2v) is 5.85. The number of phenolic OH excluding ortho intramolecular Hbond substituents is 1. The first-order valence-corrected chi connectivity index (χ1v) is 8.07. The molecule has 1 heterocycles. The number of carbonyl (C=O) groups excluding carboxylic acids is 1. The first-order valence-electron chi connectivity index (χ1n) is 7.19. The van der Waals surface area contributed by atoms with Crippen molar-refractivity contribution < 1.29 is 14.6 Å². The van der Waals surface area contributed by atoms with Crippen molar-refractivity contribution in [2.24, 2.45) is 5.10 Å². The third-order valence-corrected chi connectivity index (χ3v) is 3.91. The predicted molar refractivity (Wildman–Crippen MR) is 91.2 cm³/mol. The molecule has 0 aliphatic carbocycles. The Kier molecular flexibility index (Phi) is 5.70. The molecule has 1 aromatic heterocycles. The molecule has 0 aliphatic rings. The molecule has 0 radical (unpaired) electrons. The Balaban J connectivity index is 1.99. The third-order valence-electron chi connectivity index (χ3n) is 3.11. The molecular formula is C16H19N3O3S. The zero-order valence-corrected chi connectivity index (χ0v) is 14.1. The van der Waals surface area contributed by atoms with Crippen molar-refractivity contribution in [1.82, 2.24) is 4.98 Å². The van der Waals surface area contributed by atoms with Gasteiger partial charge in [0.05, 0.1) is 24.9 Å². The monoisotopic (exact) mass is 333 g/mol. The van der Waals surface area contributed by atoms with Crippen LogP contribution >= 0.6 is 11.3 Å². The molecule has 7 heteroatoms. The smallest absolute Gasteiger partial charge is 0.311 e. The number of hydrogen-bond acceptors (Lipinski definition) is 7. The molecule has 0 saturated heterocycles. The van der Waals surface area contributed by atoms with E-state index in [0.717, 1.165) is 16.7 Å². The SMILES string of the molecule is CCOC(=O)Cc1csc(NN=Cc2c(C)cc(O)cc2C)n1. The Labute approximate surface area is 138 Å². The number of anilines is 1. The minimum atomic E-state index is -0.289. The van der Waals surface area contributed by atoms with E-state index in [4.69, 9.17) is 4.74 Å². The van der Waals surface area contributed by atoms with E-state index < -0.39 is 0 Å². The van der Waals surface area contributed by atoms with Gasteiger partial charge in [0.2, 0.25) is 5.13 Å². The van der Waals surface area contributed by atoms with Crippen LogP contribution in [0.1, 0.15) is 29.3 Å². The van der Waals surface area contributed by atoms with E-state index in [-0.39, 0.29) is 18.1 Å². The molecule has 0 fully saturated rings. The van der Waals surface area contributed by atoms with Gasteiger partial charge in [-0.25, -0.2) is 4.98 Å². The molecule has 122 valence electrons. The van der Waals surface area contributed by atoms with Crippen LogP contribution in [0.2, 0.25) is 0 Å². The number of hydrogen-bond donors (Lipinski definition) is 2. The quantitative estimate of drug-likeness (QED) is 0.482. The number of ether oxygens (including phenoxy) is 1. The molecule has 2 aromatic rings. The summed E-state index contributed by atoms with van der Waals surface area (Å²) in [4.78, 5) is 15.7. The summed E-state index contributed by atoms with van der Waals surface area (Å²) in [6, 6.07) is 3.38. The average molecular weight is 333 g/mol. The number of hydrazone groups is 1. The van der Waals surface area contributed by atoms with Crippen molar-refractivity contribution in [3.05, 3.63) is 39.9 Å². The van der Waals surface area contributed by atoms with Crippen molar-refractivity contribution in [2.45, 2.75) is 27.2 Å². The summed E-state index contributed by atoms with van der Waals surface area (Å²) in [7, 11) is 0. The summed E-state index contributed by atoms with van der Waals surface area (Å²) in [5, 5.41) is 16.1. The van der Waals surface area contributed by atoms with Gasteiger partial charge in [-0.3, -0.25) is 10.2 Å². The molecule has 2 rings (SSSR count). The number of aromatic nitrogens is 1. The van der Waals surface area contributed by atoms with Gasteiger partial charge >= 0.3 is 5.97 Å². The van der Waals surface area contributed by atoms with Gasteiger partial charge in [0.1, 0.15) is 5.75 Å². The van der Waals surface area contributed by atoms with Crippen LogP contribution in [-0.4, -0.2) is 28.9 Å². The van der Waals surface area contributed by atoms with Crippen LogP contribution in [0.25, 0.3) is 0 Å². The summed E-state index contributed by atoms with van der Waals surface area (Å²) in [5.74, 6) is -0.0446. The number of esters is 1. The highest BCUT2D eigenvalue weighted by atomic mass is 32.1. The van der Waals surface area contributed by atoms with Gasteiger partial charge in [0.25, 0.3) is 0 Å². The van der Waals surface area contributed by atoms with Gasteiger partial charge in [-0.1, -0.05) is 0 Å². The molecular weight excluding hydrogens is 314 g/mol. The van der Waals surface area contributed by atoms with Gasteiger partial charge in [-0.05, 0) is 44.0 Å². The Hall–Kier alpha value is -2.41. The zero-order chi connectivity index (χ0) is 16.8. The van der Waals surface area contributed by atoms with E-state index in [0.29, 0.717) is 17.4 Å². The Morgan fingerprint density at radius 1 is 1.43 bits per heavy atom. The first-order chi connectivity index (χ1) is 11.0. The lowest BCUT2D eigenvalue weighted by atomic mass is 10.0. The average Bonchev–Trinajstić information content (AvgIpc) is 2.89. The Morgan fingerprint density at radius 3 is 2.78 bits per heavy atom. The number of phenols is 1. The van der Waals surface area contributed by atoms with Crippen LogP contribution in [0, 0.1) is 13.8 Å². The molecule has 1 aromatic carbocycles. The number of benzene rings is 1. The highest BCUT2D eigenvalue weighted by Crippen LogP contribution is 2.20. The maximum atomic E-state index is 11.4. The predicted octanol–water partition coefficient (Wildman–Crippen LogP) is 3.02. The van der Waals surface area contributed by atoms with Crippen LogP contribution < -0.4 is 5.43 Å². The fraction of sp³-hybridized carbons (Fsp3) is 0.312. The topological polar surface area (TPSA) is 83.8 Å². The molecule has 0 spiro atoms. The highest BCUT2D eigenvalue weighted by Gasteiger charge is 2.08. The minimum absolute atomic E-state index is 0.159. The maximum Gasteiger partial charge on any atom is 0.311 e. The van der Waals surface area contributed by atoms with Crippen LogP contribution in [0.3, 0.4) is 0 Å². The van der Waals surface area contributed by atoms with Crippen molar-refractivity contribution >= 4 is 28.7 Å². The van der Waals surface area contributed by atoms with E-state index in [1.165, 1.54) is 11.3 Å². The van der Waals surface area contributed by atoms with Gasteiger partial charge < -0.3 is 9.84 Å². The molecule has 23 heavy (non-hydrogen) atoms. The molecule has 0 atom stereocenters. The van der Waals surface area contributed by atoms with Gasteiger partial charge in [0, 0.05) is 10.9 Å². The molecule has 0 unspecified atom stereocenters. The number of nitrogens with one attached hydrogen (secondary N) is 1. The number of carbonyl (C=O) groups is 1. The lowest BCUT2D eigenvalue weighted by molar-refractivity contribution is -0.142. The number of aromatic hydroxyl groups is 1. The van der Waals surface area contributed by atoms with Crippen LogP contribution in [0.4, 0.5) is 5.13 Å². The largest absolute Gasteiger partial charge is 0.508 e. The Bertz CT molecular complexity index is 702. The number of rotatable bonds is 6. The fourth-order valence-corrected chi connectivity index (χ4v) is 2.77. The summed E-state index contributed by atoms with van der Waals surface area (Å²) in [6.07, 6.45) is 1.85. The van der Waals surface area contributed by atoms with Gasteiger partial charge in [0.15, 0.2) is 0 Å². The molecule has 2 N–H and O–H groups in total. The van der Waals surface area contributed by atoms with E-state index in [9.17, 15) is 9.90 Å². The van der Waals surface area contributed by atoms with Crippen LogP contribution in [-0.2, 0) is 16.0 Å². The minimum Gasteiger partial charge on any atom is -0.508 e. The summed E-state index contributed by atoms with van der Waals surface area (Å²) >= 11 is 1.37. The second-order valence-electron chi connectivity index (χ2n) is 4.99. The molecule has 0 saturated carbocycles. The lowest BCUT2D eigenvalue weighted by Gasteiger charge is -2.05. The van der Waals surface area contributed by atoms with Crippen LogP contribution in [0.5, 0.6) is 5.75 Å².